The highest BCUT2D eigenvalue weighted by molar-refractivity contribution is 7.99. The summed E-state index contributed by atoms with van der Waals surface area (Å²) >= 11 is 0.354. The molecule has 2 aromatic rings. The Morgan fingerprint density at radius 3 is 2.68 bits per heavy atom. The molecule has 0 amide bonds. The Labute approximate surface area is 125 Å². The minimum absolute atomic E-state index is 0.0709. The van der Waals surface area contributed by atoms with Crippen molar-refractivity contribution in [1.82, 2.24) is 15.0 Å². The van der Waals surface area contributed by atoms with Crippen molar-refractivity contribution >= 4 is 17.7 Å². The third-order valence-corrected chi connectivity index (χ3v) is 3.34. The molecule has 2 rings (SSSR count). The summed E-state index contributed by atoms with van der Waals surface area (Å²) in [6.07, 6.45) is 1.42. The number of ether oxygens (including phenoxy) is 1. The van der Waals surface area contributed by atoms with Gasteiger partial charge in [-0.25, -0.2) is 23.5 Å². The summed E-state index contributed by atoms with van der Waals surface area (Å²) in [6.45, 7) is 1.63. The number of nitrogens with one attached hydrogen (secondary N) is 1. The van der Waals surface area contributed by atoms with Crippen molar-refractivity contribution < 1.29 is 22.7 Å². The van der Waals surface area contributed by atoms with Gasteiger partial charge in [-0.1, -0.05) is 0 Å². The molecule has 0 spiro atoms. The molecule has 0 saturated heterocycles. The number of hydrogen-bond donors (Lipinski definition) is 1. The molecule has 10 heteroatoms. The molecule has 0 aliphatic heterocycles. The summed E-state index contributed by atoms with van der Waals surface area (Å²) in [5.74, 6) is -4.96. The smallest absolute Gasteiger partial charge is 0.345 e. The van der Waals surface area contributed by atoms with Gasteiger partial charge in [-0.15, -0.1) is 0 Å². The van der Waals surface area contributed by atoms with Gasteiger partial charge in [0.15, 0.2) is 16.8 Å². The molecular formula is C12H8F3N3O3S. The first-order valence-corrected chi connectivity index (χ1v) is 6.69. The van der Waals surface area contributed by atoms with E-state index in [9.17, 15) is 22.8 Å². The van der Waals surface area contributed by atoms with Gasteiger partial charge in [-0.3, -0.25) is 4.79 Å². The number of hydrogen-bond acceptors (Lipinski definition) is 6. The molecule has 116 valence electrons. The Morgan fingerprint density at radius 1 is 1.32 bits per heavy atom. The van der Waals surface area contributed by atoms with Crippen LogP contribution in [0, 0.1) is 17.6 Å². The number of esters is 1. The van der Waals surface area contributed by atoms with Crippen LogP contribution in [0.3, 0.4) is 0 Å². The van der Waals surface area contributed by atoms with Crippen LogP contribution in [0.5, 0.6) is 0 Å². The average molecular weight is 331 g/mol. The lowest BCUT2D eigenvalue weighted by Gasteiger charge is -2.05. The zero-order valence-electron chi connectivity index (χ0n) is 11.0. The first-order chi connectivity index (χ1) is 10.4. The second-order valence-corrected chi connectivity index (χ2v) is 4.79. The number of carbonyl (C=O) groups is 1. The summed E-state index contributed by atoms with van der Waals surface area (Å²) in [7, 11) is 0. The maximum absolute atomic E-state index is 13.5. The summed E-state index contributed by atoms with van der Waals surface area (Å²) in [4.78, 5) is 31.1. The highest BCUT2D eigenvalue weighted by atomic mass is 32.2. The summed E-state index contributed by atoms with van der Waals surface area (Å²) < 4.78 is 44.5. The molecule has 0 aromatic carbocycles. The monoisotopic (exact) mass is 331 g/mol. The van der Waals surface area contributed by atoms with Crippen LogP contribution in [-0.4, -0.2) is 27.5 Å². The lowest BCUT2D eigenvalue weighted by Crippen LogP contribution is -2.20. The molecule has 0 aliphatic carbocycles. The Hall–Kier alpha value is -2.36. The number of H-pyrrole nitrogens is 1. The molecule has 2 heterocycles. The zero-order valence-corrected chi connectivity index (χ0v) is 11.8. The number of nitrogens with zero attached hydrogens (tertiary/aromatic N) is 2. The second-order valence-electron chi connectivity index (χ2n) is 3.79. The first kappa shape index (κ1) is 16.0. The van der Waals surface area contributed by atoms with Crippen molar-refractivity contribution in [3.63, 3.8) is 0 Å². The highest BCUT2D eigenvalue weighted by Gasteiger charge is 2.19. The van der Waals surface area contributed by atoms with Crippen LogP contribution < -0.4 is 5.56 Å². The fourth-order valence-corrected chi connectivity index (χ4v) is 2.17. The molecule has 2 aromatic heterocycles. The SMILES string of the molecule is CCOC(=O)c1cnc(Sc2c(F)cnc(F)c2F)[nH]c1=O. The van der Waals surface area contributed by atoms with Crippen molar-refractivity contribution in [2.24, 2.45) is 0 Å². The maximum atomic E-state index is 13.5. The lowest BCUT2D eigenvalue weighted by molar-refractivity contribution is 0.0523. The van der Waals surface area contributed by atoms with Crippen molar-refractivity contribution in [3.8, 4) is 0 Å². The Kier molecular flexibility index (Phi) is 4.81. The molecule has 1 N–H and O–H groups in total. The Balaban J connectivity index is 2.33. The number of rotatable bonds is 4. The number of aromatic amines is 1. The van der Waals surface area contributed by atoms with Crippen LogP contribution in [0.15, 0.2) is 27.2 Å². The van der Waals surface area contributed by atoms with Crippen LogP contribution in [0.4, 0.5) is 13.2 Å². The van der Waals surface area contributed by atoms with E-state index in [1.807, 2.05) is 0 Å². The quantitative estimate of drug-likeness (QED) is 0.523. The van der Waals surface area contributed by atoms with E-state index in [1.54, 1.807) is 6.92 Å². The van der Waals surface area contributed by atoms with Gasteiger partial charge in [0.25, 0.3) is 5.56 Å². The summed E-state index contributed by atoms with van der Waals surface area (Å²) in [5, 5.41) is -0.221. The van der Waals surface area contributed by atoms with Gasteiger partial charge in [-0.05, 0) is 18.7 Å². The molecule has 0 unspecified atom stereocenters. The Morgan fingerprint density at radius 2 is 2.05 bits per heavy atom. The minimum Gasteiger partial charge on any atom is -0.462 e. The molecular weight excluding hydrogens is 323 g/mol. The van der Waals surface area contributed by atoms with Gasteiger partial charge in [0.05, 0.1) is 17.7 Å². The minimum atomic E-state index is -1.50. The van der Waals surface area contributed by atoms with E-state index >= 15 is 0 Å². The van der Waals surface area contributed by atoms with Crippen LogP contribution in [0.25, 0.3) is 0 Å². The average Bonchev–Trinajstić information content (AvgIpc) is 2.48. The topological polar surface area (TPSA) is 84.9 Å². The summed E-state index contributed by atoms with van der Waals surface area (Å²) in [5.41, 5.74) is -1.20. The normalized spacial score (nSPS) is 10.5. The van der Waals surface area contributed by atoms with Crippen molar-refractivity contribution in [1.29, 1.82) is 0 Å². The van der Waals surface area contributed by atoms with Crippen LogP contribution >= 0.6 is 11.8 Å². The van der Waals surface area contributed by atoms with E-state index in [1.165, 1.54) is 0 Å². The Bertz CT molecular complexity index is 782. The highest BCUT2D eigenvalue weighted by Crippen LogP contribution is 2.29. The van der Waals surface area contributed by atoms with E-state index < -0.39 is 34.0 Å². The first-order valence-electron chi connectivity index (χ1n) is 5.87. The molecule has 6 nitrogen and oxygen atoms in total. The van der Waals surface area contributed by atoms with Gasteiger partial charge in [-0.2, -0.15) is 4.39 Å². The van der Waals surface area contributed by atoms with Gasteiger partial charge in [0.2, 0.25) is 5.95 Å². The van der Waals surface area contributed by atoms with Gasteiger partial charge < -0.3 is 9.72 Å². The van der Waals surface area contributed by atoms with Crippen molar-refractivity contribution in [3.05, 3.63) is 45.9 Å². The fraction of sp³-hybridized carbons (Fsp3) is 0.167. The van der Waals surface area contributed by atoms with E-state index in [0.29, 0.717) is 18.0 Å². The van der Waals surface area contributed by atoms with Gasteiger partial charge in [0, 0.05) is 6.20 Å². The molecule has 0 radical (unpaired) electrons. The number of halogens is 3. The van der Waals surface area contributed by atoms with Gasteiger partial charge in [0.1, 0.15) is 5.56 Å². The predicted molar refractivity (Wildman–Crippen MR) is 69.0 cm³/mol. The number of aromatic nitrogens is 3. The van der Waals surface area contributed by atoms with Crippen LogP contribution in [0.1, 0.15) is 17.3 Å². The molecule has 0 saturated carbocycles. The molecule has 0 fully saturated rings. The van der Waals surface area contributed by atoms with E-state index in [-0.39, 0.29) is 17.3 Å². The standard InChI is InChI=1S/C12H8F3N3O3S/c1-2-21-11(20)5-3-17-12(18-10(5)19)22-8-6(13)4-16-9(15)7(8)14/h3-4H,2H2,1H3,(H,17,18,19). The largest absolute Gasteiger partial charge is 0.462 e. The molecule has 0 bridgehead atoms. The number of pyridine rings is 1. The second kappa shape index (κ2) is 6.60. The van der Waals surface area contributed by atoms with Crippen molar-refractivity contribution in [2.75, 3.05) is 6.61 Å². The third kappa shape index (κ3) is 3.27. The fourth-order valence-electron chi connectivity index (χ4n) is 1.40. The lowest BCUT2D eigenvalue weighted by atomic mass is 10.3. The van der Waals surface area contributed by atoms with Gasteiger partial charge >= 0.3 is 5.97 Å². The predicted octanol–water partition coefficient (Wildman–Crippen LogP) is 1.91. The van der Waals surface area contributed by atoms with E-state index in [4.69, 9.17) is 0 Å². The number of carbonyl (C=O) groups excluding carboxylic acids is 1. The van der Waals surface area contributed by atoms with Crippen LogP contribution in [0.2, 0.25) is 0 Å². The van der Waals surface area contributed by atoms with E-state index in [0.717, 1.165) is 6.20 Å². The maximum Gasteiger partial charge on any atom is 0.345 e. The van der Waals surface area contributed by atoms with Crippen LogP contribution in [-0.2, 0) is 4.74 Å². The molecule has 0 aliphatic rings. The molecule has 22 heavy (non-hydrogen) atoms. The zero-order chi connectivity index (χ0) is 16.3. The van der Waals surface area contributed by atoms with Crippen molar-refractivity contribution in [2.45, 2.75) is 17.0 Å². The summed E-state index contributed by atoms with van der Waals surface area (Å²) in [6, 6.07) is 0. The molecule has 0 atom stereocenters. The third-order valence-electron chi connectivity index (χ3n) is 2.36. The van der Waals surface area contributed by atoms with E-state index in [2.05, 4.69) is 19.7 Å².